The van der Waals surface area contributed by atoms with Gasteiger partial charge in [-0.15, -0.1) is 0 Å². The second-order valence-electron chi connectivity index (χ2n) is 4.21. The van der Waals surface area contributed by atoms with E-state index in [1.165, 1.54) is 0 Å². The average Bonchev–Trinajstić information content (AvgIpc) is 2.69. The first-order valence-electron chi connectivity index (χ1n) is 5.48. The lowest BCUT2D eigenvalue weighted by molar-refractivity contribution is 0.408. The van der Waals surface area contributed by atoms with Crippen molar-refractivity contribution in [1.82, 2.24) is 5.16 Å². The van der Waals surface area contributed by atoms with Crippen LogP contribution in [-0.4, -0.2) is 10.3 Å². The van der Waals surface area contributed by atoms with E-state index in [-0.39, 0.29) is 0 Å². The molecule has 88 valence electrons. The number of benzene rings is 1. The second-order valence-corrected chi connectivity index (χ2v) is 4.21. The van der Waals surface area contributed by atoms with Gasteiger partial charge in [-0.2, -0.15) is 0 Å². The van der Waals surface area contributed by atoms with Crippen LogP contribution in [0.4, 0.5) is 0 Å². The highest BCUT2D eigenvalue weighted by Gasteiger charge is 2.01. The Balaban J connectivity index is 2.27. The number of phenols is 1. The molecule has 1 aromatic heterocycles. The van der Waals surface area contributed by atoms with Crippen LogP contribution in [-0.2, 0) is 0 Å². The monoisotopic (exact) mass is 229 g/mol. The third kappa shape index (κ3) is 2.56. The molecule has 17 heavy (non-hydrogen) atoms. The summed E-state index contributed by atoms with van der Waals surface area (Å²) in [4.78, 5) is 0. The predicted molar refractivity (Wildman–Crippen MR) is 67.7 cm³/mol. The Morgan fingerprint density at radius 2 is 1.71 bits per heavy atom. The summed E-state index contributed by atoms with van der Waals surface area (Å²) in [7, 11) is 0. The number of hydrogen-bond acceptors (Lipinski definition) is 3. The van der Waals surface area contributed by atoms with E-state index in [0.717, 1.165) is 28.1 Å². The van der Waals surface area contributed by atoms with E-state index in [9.17, 15) is 5.11 Å². The third-order valence-electron chi connectivity index (χ3n) is 2.60. The molecule has 1 aromatic carbocycles. The predicted octanol–water partition coefficient (Wildman–Crippen LogP) is 3.48. The van der Waals surface area contributed by atoms with Gasteiger partial charge in [0, 0.05) is 6.07 Å². The first-order valence-corrected chi connectivity index (χ1v) is 5.48. The van der Waals surface area contributed by atoms with Crippen molar-refractivity contribution in [2.24, 2.45) is 0 Å². The standard InChI is InChI=1S/C14H15NO2/c1-9-6-12(7-10(2)14(9)16)4-5-13-8-11(3)15-17-13/h4-8,16H,1-3H3/b5-4+. The topological polar surface area (TPSA) is 46.3 Å². The van der Waals surface area contributed by atoms with Crippen molar-refractivity contribution in [3.63, 3.8) is 0 Å². The third-order valence-corrected chi connectivity index (χ3v) is 2.60. The van der Waals surface area contributed by atoms with E-state index in [1.807, 2.05) is 51.1 Å². The van der Waals surface area contributed by atoms with Gasteiger partial charge >= 0.3 is 0 Å². The molecule has 2 rings (SSSR count). The van der Waals surface area contributed by atoms with E-state index in [1.54, 1.807) is 0 Å². The maximum Gasteiger partial charge on any atom is 0.159 e. The highest BCUT2D eigenvalue weighted by molar-refractivity contribution is 5.69. The maximum atomic E-state index is 9.67. The number of nitrogens with zero attached hydrogens (tertiary/aromatic N) is 1. The zero-order chi connectivity index (χ0) is 12.4. The molecule has 3 heteroatoms. The van der Waals surface area contributed by atoms with Crippen LogP contribution in [0.1, 0.15) is 28.1 Å². The number of rotatable bonds is 2. The Morgan fingerprint density at radius 1 is 1.06 bits per heavy atom. The number of phenolic OH excluding ortho intramolecular Hbond substituents is 1. The molecule has 0 aliphatic rings. The average molecular weight is 229 g/mol. The number of hydrogen-bond donors (Lipinski definition) is 1. The summed E-state index contributed by atoms with van der Waals surface area (Å²) in [5, 5.41) is 13.5. The van der Waals surface area contributed by atoms with Crippen LogP contribution in [0.2, 0.25) is 0 Å². The molecular weight excluding hydrogens is 214 g/mol. The van der Waals surface area contributed by atoms with Crippen molar-refractivity contribution in [1.29, 1.82) is 0 Å². The smallest absolute Gasteiger partial charge is 0.159 e. The Bertz CT molecular complexity index is 544. The fourth-order valence-electron chi connectivity index (χ4n) is 1.73. The van der Waals surface area contributed by atoms with E-state index < -0.39 is 0 Å². The fourth-order valence-corrected chi connectivity index (χ4v) is 1.73. The van der Waals surface area contributed by atoms with Crippen LogP contribution in [0.3, 0.4) is 0 Å². The highest BCUT2D eigenvalue weighted by atomic mass is 16.5. The van der Waals surface area contributed by atoms with Crippen LogP contribution >= 0.6 is 0 Å². The van der Waals surface area contributed by atoms with Crippen molar-refractivity contribution < 1.29 is 9.63 Å². The van der Waals surface area contributed by atoms with Crippen LogP contribution in [0, 0.1) is 20.8 Å². The molecule has 0 atom stereocenters. The van der Waals surface area contributed by atoms with Gasteiger partial charge < -0.3 is 9.63 Å². The van der Waals surface area contributed by atoms with E-state index in [0.29, 0.717) is 5.75 Å². The lowest BCUT2D eigenvalue weighted by atomic mass is 10.1. The lowest BCUT2D eigenvalue weighted by Crippen LogP contribution is -1.82. The highest BCUT2D eigenvalue weighted by Crippen LogP contribution is 2.23. The van der Waals surface area contributed by atoms with Crippen molar-refractivity contribution in [3.05, 3.63) is 46.3 Å². The van der Waals surface area contributed by atoms with Gasteiger partial charge in [-0.25, -0.2) is 0 Å². The number of aromatic nitrogens is 1. The summed E-state index contributed by atoms with van der Waals surface area (Å²) in [6.07, 6.45) is 3.81. The van der Waals surface area contributed by atoms with Gasteiger partial charge in [-0.3, -0.25) is 0 Å². The van der Waals surface area contributed by atoms with E-state index in [4.69, 9.17) is 4.52 Å². The van der Waals surface area contributed by atoms with Crippen LogP contribution in [0.5, 0.6) is 5.75 Å². The van der Waals surface area contributed by atoms with Gasteiger partial charge in [0.2, 0.25) is 0 Å². The van der Waals surface area contributed by atoms with Gasteiger partial charge in [0.05, 0.1) is 5.69 Å². The summed E-state index contributed by atoms with van der Waals surface area (Å²) in [6, 6.07) is 5.74. The summed E-state index contributed by atoms with van der Waals surface area (Å²) < 4.78 is 5.08. The molecule has 2 aromatic rings. The largest absolute Gasteiger partial charge is 0.507 e. The molecule has 0 fully saturated rings. The minimum atomic E-state index is 0.359. The summed E-state index contributed by atoms with van der Waals surface area (Å²) in [5.41, 5.74) is 3.64. The number of aryl methyl sites for hydroxylation is 3. The van der Waals surface area contributed by atoms with Gasteiger partial charge in [0.25, 0.3) is 0 Å². The molecule has 0 radical (unpaired) electrons. The van der Waals surface area contributed by atoms with Crippen molar-refractivity contribution in [2.75, 3.05) is 0 Å². The van der Waals surface area contributed by atoms with Gasteiger partial charge in [-0.1, -0.05) is 11.2 Å². The Kier molecular flexibility index (Phi) is 3.00. The van der Waals surface area contributed by atoms with Crippen LogP contribution < -0.4 is 0 Å². The Hall–Kier alpha value is -2.03. The molecule has 1 N–H and O–H groups in total. The quantitative estimate of drug-likeness (QED) is 0.857. The van der Waals surface area contributed by atoms with E-state index in [2.05, 4.69) is 5.16 Å². The van der Waals surface area contributed by atoms with Crippen LogP contribution in [0.15, 0.2) is 22.7 Å². The second kappa shape index (κ2) is 4.45. The molecule has 0 aliphatic carbocycles. The van der Waals surface area contributed by atoms with Crippen molar-refractivity contribution >= 4 is 12.2 Å². The van der Waals surface area contributed by atoms with Crippen molar-refractivity contribution in [3.8, 4) is 5.75 Å². The fraction of sp³-hybridized carbons (Fsp3) is 0.214. The minimum Gasteiger partial charge on any atom is -0.507 e. The van der Waals surface area contributed by atoms with Crippen LogP contribution in [0.25, 0.3) is 12.2 Å². The molecule has 0 spiro atoms. The molecule has 1 heterocycles. The summed E-state index contributed by atoms with van der Waals surface area (Å²) >= 11 is 0. The first kappa shape index (κ1) is 11.5. The normalized spacial score (nSPS) is 11.2. The van der Waals surface area contributed by atoms with Crippen molar-refractivity contribution in [2.45, 2.75) is 20.8 Å². The van der Waals surface area contributed by atoms with E-state index >= 15 is 0 Å². The zero-order valence-corrected chi connectivity index (χ0v) is 10.2. The maximum absolute atomic E-state index is 9.67. The summed E-state index contributed by atoms with van der Waals surface area (Å²) in [5.74, 6) is 1.09. The first-order chi connectivity index (χ1) is 8.06. The molecular formula is C14H15NO2. The van der Waals surface area contributed by atoms with Gasteiger partial charge in [0.1, 0.15) is 5.75 Å². The SMILES string of the molecule is Cc1cc(/C=C/c2cc(C)c(O)c(C)c2)on1. The lowest BCUT2D eigenvalue weighted by Gasteiger charge is -2.04. The molecule has 0 aliphatic heterocycles. The molecule has 0 amide bonds. The summed E-state index contributed by atoms with van der Waals surface area (Å²) in [6.45, 7) is 5.66. The molecule has 0 saturated carbocycles. The van der Waals surface area contributed by atoms with Gasteiger partial charge in [0.15, 0.2) is 5.76 Å². The minimum absolute atomic E-state index is 0.359. The Morgan fingerprint density at radius 3 is 2.24 bits per heavy atom. The molecule has 3 nitrogen and oxygen atoms in total. The zero-order valence-electron chi connectivity index (χ0n) is 10.2. The van der Waals surface area contributed by atoms with Gasteiger partial charge in [-0.05, 0) is 55.7 Å². The molecule has 0 unspecified atom stereocenters. The molecule has 0 bridgehead atoms. The number of aromatic hydroxyl groups is 1. The Labute approximate surface area is 100 Å². The molecule has 0 saturated heterocycles.